The Hall–Kier alpha value is -2.34. The topological polar surface area (TPSA) is 62.3 Å². The van der Waals surface area contributed by atoms with Gasteiger partial charge in [0.15, 0.2) is 0 Å². The molecule has 1 aromatic heterocycles. The molecule has 0 spiro atoms. The summed E-state index contributed by atoms with van der Waals surface area (Å²) in [6.07, 6.45) is 2.74. The summed E-state index contributed by atoms with van der Waals surface area (Å²) in [5, 5.41) is 6.63. The standard InChI is InChI=1S/C18H27N5O/c1-14(2)24-16-9-6-5-8-15(16)22-18-12-17(20-13-21-18)19-10-7-11-23(3)4/h5-6,8-9,12-14H,7,10-11H2,1-4H3,(H2,19,20,21,22). The van der Waals surface area contributed by atoms with Gasteiger partial charge >= 0.3 is 0 Å². The van der Waals surface area contributed by atoms with E-state index in [1.165, 1.54) is 0 Å². The summed E-state index contributed by atoms with van der Waals surface area (Å²) in [4.78, 5) is 10.7. The Bertz CT molecular complexity index is 630. The number of hydrogen-bond acceptors (Lipinski definition) is 6. The van der Waals surface area contributed by atoms with E-state index in [1.807, 2.05) is 44.2 Å². The molecule has 2 N–H and O–H groups in total. The number of hydrogen-bond donors (Lipinski definition) is 2. The number of nitrogens with one attached hydrogen (secondary N) is 2. The van der Waals surface area contributed by atoms with Gasteiger partial charge in [-0.2, -0.15) is 0 Å². The highest BCUT2D eigenvalue weighted by atomic mass is 16.5. The number of rotatable bonds is 9. The molecule has 1 heterocycles. The van der Waals surface area contributed by atoms with Crippen molar-refractivity contribution in [2.45, 2.75) is 26.4 Å². The van der Waals surface area contributed by atoms with Crippen LogP contribution in [0.25, 0.3) is 0 Å². The zero-order valence-corrected chi connectivity index (χ0v) is 14.9. The lowest BCUT2D eigenvalue weighted by molar-refractivity contribution is 0.244. The van der Waals surface area contributed by atoms with Gasteiger partial charge in [0.2, 0.25) is 0 Å². The van der Waals surface area contributed by atoms with Crippen LogP contribution in [0.3, 0.4) is 0 Å². The van der Waals surface area contributed by atoms with E-state index in [4.69, 9.17) is 4.74 Å². The largest absolute Gasteiger partial charge is 0.489 e. The molecule has 0 aliphatic carbocycles. The molecule has 0 aliphatic rings. The van der Waals surface area contributed by atoms with Crippen LogP contribution in [-0.4, -0.2) is 48.2 Å². The van der Waals surface area contributed by atoms with Crippen molar-refractivity contribution in [1.29, 1.82) is 0 Å². The van der Waals surface area contributed by atoms with E-state index in [0.717, 1.165) is 42.6 Å². The maximum Gasteiger partial charge on any atom is 0.143 e. The van der Waals surface area contributed by atoms with Crippen LogP contribution in [0, 0.1) is 0 Å². The average Bonchev–Trinajstić information content (AvgIpc) is 2.53. The summed E-state index contributed by atoms with van der Waals surface area (Å²) >= 11 is 0. The number of anilines is 3. The second-order valence-electron chi connectivity index (χ2n) is 6.16. The van der Waals surface area contributed by atoms with Crippen molar-refractivity contribution in [2.24, 2.45) is 0 Å². The molecule has 130 valence electrons. The second-order valence-corrected chi connectivity index (χ2v) is 6.16. The second kappa shape index (κ2) is 9.08. The normalized spacial score (nSPS) is 10.9. The molecular weight excluding hydrogens is 302 g/mol. The van der Waals surface area contributed by atoms with Gasteiger partial charge < -0.3 is 20.3 Å². The predicted molar refractivity (Wildman–Crippen MR) is 99.2 cm³/mol. The summed E-state index contributed by atoms with van der Waals surface area (Å²) in [6, 6.07) is 9.76. The van der Waals surface area contributed by atoms with Crippen LogP contribution in [-0.2, 0) is 0 Å². The molecule has 0 fully saturated rings. The molecular formula is C18H27N5O. The summed E-state index contributed by atoms with van der Waals surface area (Å²) in [6.45, 7) is 5.94. The Labute approximate surface area is 144 Å². The zero-order valence-electron chi connectivity index (χ0n) is 14.9. The monoisotopic (exact) mass is 329 g/mol. The van der Waals surface area contributed by atoms with Gasteiger partial charge in [-0.3, -0.25) is 0 Å². The first-order valence-electron chi connectivity index (χ1n) is 8.28. The smallest absolute Gasteiger partial charge is 0.143 e. The van der Waals surface area contributed by atoms with Crippen molar-refractivity contribution in [3.05, 3.63) is 36.7 Å². The lowest BCUT2D eigenvalue weighted by Gasteiger charge is -2.15. The van der Waals surface area contributed by atoms with Crippen molar-refractivity contribution < 1.29 is 4.74 Å². The van der Waals surface area contributed by atoms with Gasteiger partial charge in [0.05, 0.1) is 11.8 Å². The van der Waals surface area contributed by atoms with Gasteiger partial charge in [0.25, 0.3) is 0 Å². The number of nitrogens with zero attached hydrogens (tertiary/aromatic N) is 3. The third kappa shape index (κ3) is 6.04. The van der Waals surface area contributed by atoms with E-state index in [9.17, 15) is 0 Å². The Morgan fingerprint density at radius 3 is 2.62 bits per heavy atom. The fraction of sp³-hybridized carbons (Fsp3) is 0.444. The molecule has 24 heavy (non-hydrogen) atoms. The highest BCUT2D eigenvalue weighted by molar-refractivity contribution is 5.65. The van der Waals surface area contributed by atoms with Crippen LogP contribution in [0.2, 0.25) is 0 Å². The van der Waals surface area contributed by atoms with E-state index in [0.29, 0.717) is 0 Å². The van der Waals surface area contributed by atoms with Crippen molar-refractivity contribution in [3.8, 4) is 5.75 Å². The molecule has 0 unspecified atom stereocenters. The molecule has 2 aromatic rings. The van der Waals surface area contributed by atoms with E-state index in [1.54, 1.807) is 6.33 Å². The van der Waals surface area contributed by atoms with Gasteiger partial charge in [0, 0.05) is 12.6 Å². The van der Waals surface area contributed by atoms with Crippen LogP contribution < -0.4 is 15.4 Å². The molecule has 0 amide bonds. The quantitative estimate of drug-likeness (QED) is 0.688. The fourth-order valence-electron chi connectivity index (χ4n) is 2.20. The Balaban J connectivity index is 1.99. The molecule has 6 heteroatoms. The lowest BCUT2D eigenvalue weighted by atomic mass is 10.3. The van der Waals surface area contributed by atoms with E-state index < -0.39 is 0 Å². The highest BCUT2D eigenvalue weighted by Gasteiger charge is 2.06. The van der Waals surface area contributed by atoms with Crippen molar-refractivity contribution >= 4 is 17.3 Å². The average molecular weight is 329 g/mol. The molecule has 0 atom stereocenters. The minimum Gasteiger partial charge on any atom is -0.489 e. The van der Waals surface area contributed by atoms with Crippen LogP contribution in [0.4, 0.5) is 17.3 Å². The minimum absolute atomic E-state index is 0.118. The summed E-state index contributed by atoms with van der Waals surface area (Å²) in [7, 11) is 4.15. The zero-order chi connectivity index (χ0) is 17.4. The van der Waals surface area contributed by atoms with E-state index in [-0.39, 0.29) is 6.10 Å². The number of para-hydroxylation sites is 2. The van der Waals surface area contributed by atoms with Gasteiger partial charge in [0.1, 0.15) is 23.7 Å². The highest BCUT2D eigenvalue weighted by Crippen LogP contribution is 2.27. The maximum atomic E-state index is 5.82. The Morgan fingerprint density at radius 2 is 1.88 bits per heavy atom. The summed E-state index contributed by atoms with van der Waals surface area (Å²) < 4.78 is 5.82. The molecule has 0 saturated carbocycles. The summed E-state index contributed by atoms with van der Waals surface area (Å²) in [5.74, 6) is 2.36. The molecule has 0 saturated heterocycles. The van der Waals surface area contributed by atoms with Gasteiger partial charge in [-0.1, -0.05) is 12.1 Å². The van der Waals surface area contributed by atoms with E-state index >= 15 is 0 Å². The molecule has 0 bridgehead atoms. The molecule has 2 rings (SSSR count). The van der Waals surface area contributed by atoms with Crippen LogP contribution in [0.15, 0.2) is 36.7 Å². The first kappa shape index (κ1) is 18.0. The minimum atomic E-state index is 0.118. The fourth-order valence-corrected chi connectivity index (χ4v) is 2.20. The van der Waals surface area contributed by atoms with Crippen molar-refractivity contribution in [3.63, 3.8) is 0 Å². The first-order valence-corrected chi connectivity index (χ1v) is 8.28. The van der Waals surface area contributed by atoms with E-state index in [2.05, 4.69) is 39.6 Å². The third-order valence-electron chi connectivity index (χ3n) is 3.27. The van der Waals surface area contributed by atoms with Gasteiger partial charge in [-0.15, -0.1) is 0 Å². The Morgan fingerprint density at radius 1 is 1.12 bits per heavy atom. The van der Waals surface area contributed by atoms with Crippen molar-refractivity contribution in [2.75, 3.05) is 37.8 Å². The molecule has 0 radical (unpaired) electrons. The Kier molecular flexibility index (Phi) is 6.81. The third-order valence-corrected chi connectivity index (χ3v) is 3.27. The summed E-state index contributed by atoms with van der Waals surface area (Å²) in [5.41, 5.74) is 0.892. The SMILES string of the molecule is CC(C)Oc1ccccc1Nc1cc(NCCCN(C)C)ncn1. The van der Waals surface area contributed by atoms with Gasteiger partial charge in [-0.05, 0) is 53.0 Å². The molecule has 0 aliphatic heterocycles. The molecule has 1 aromatic carbocycles. The number of ether oxygens (including phenoxy) is 1. The number of benzene rings is 1. The van der Waals surface area contributed by atoms with Crippen molar-refractivity contribution in [1.82, 2.24) is 14.9 Å². The molecule has 6 nitrogen and oxygen atoms in total. The van der Waals surface area contributed by atoms with Gasteiger partial charge in [-0.25, -0.2) is 9.97 Å². The predicted octanol–water partition coefficient (Wildman–Crippen LogP) is 3.37. The first-order chi connectivity index (χ1) is 11.5. The maximum absolute atomic E-state index is 5.82. The number of aromatic nitrogens is 2. The van der Waals surface area contributed by atoms with Crippen LogP contribution in [0.1, 0.15) is 20.3 Å². The van der Waals surface area contributed by atoms with Crippen LogP contribution >= 0.6 is 0 Å². The lowest BCUT2D eigenvalue weighted by Crippen LogP contribution is -2.16. The van der Waals surface area contributed by atoms with Crippen LogP contribution in [0.5, 0.6) is 5.75 Å².